The van der Waals surface area contributed by atoms with E-state index < -0.39 is 28.4 Å². The maximum Gasteiger partial charge on any atom is 2.00 e. The van der Waals surface area contributed by atoms with Crippen LogP contribution in [0.3, 0.4) is 0 Å². The van der Waals surface area contributed by atoms with Gasteiger partial charge < -0.3 is 22.2 Å². The van der Waals surface area contributed by atoms with Crippen LogP contribution in [0.4, 0.5) is 0 Å². The molecule has 0 radical (unpaired) electrons. The molecule has 0 fully saturated rings. The zero-order valence-corrected chi connectivity index (χ0v) is 21.4. The number of hydrogen-bond acceptors (Lipinski definition) is 2. The van der Waals surface area contributed by atoms with Crippen LogP contribution in [0.1, 0.15) is 24.0 Å². The van der Waals surface area contributed by atoms with Crippen molar-refractivity contribution in [1.29, 1.82) is 0 Å². The third-order valence-electron chi connectivity index (χ3n) is 4.61. The fraction of sp³-hybridized carbons (Fsp3) is 0.478. The van der Waals surface area contributed by atoms with Gasteiger partial charge in [0.1, 0.15) is 0 Å². The van der Waals surface area contributed by atoms with Crippen LogP contribution in [0.2, 0.25) is 39.3 Å². The molecule has 0 aliphatic heterocycles. The van der Waals surface area contributed by atoms with E-state index in [1.807, 2.05) is 6.07 Å². The normalized spacial score (nSPS) is 22.9. The molecule has 28 heavy (non-hydrogen) atoms. The van der Waals surface area contributed by atoms with Crippen molar-refractivity contribution in [2.24, 2.45) is 0 Å². The SMILES string of the molecule is C[Si](C)(C)[C-]=C1C2=C(CCCc3ccccc32)C(O)C1O.[C-]#C[Si](C)(C)C.[Pd+2]. The molecule has 0 heterocycles. The molecule has 2 aliphatic rings. The van der Waals surface area contributed by atoms with Crippen LogP contribution in [0.5, 0.6) is 0 Å². The summed E-state index contributed by atoms with van der Waals surface area (Å²) in [6.45, 7) is 12.9. The largest absolute Gasteiger partial charge is 2.00 e. The summed E-state index contributed by atoms with van der Waals surface area (Å²) in [7, 11) is -2.81. The Labute approximate surface area is 186 Å². The van der Waals surface area contributed by atoms with Crippen LogP contribution in [-0.4, -0.2) is 38.6 Å². The zero-order chi connectivity index (χ0) is 20.4. The van der Waals surface area contributed by atoms with Gasteiger partial charge in [-0.05, 0) is 27.3 Å². The second-order valence-electron chi connectivity index (χ2n) is 9.46. The number of hydrogen-bond donors (Lipinski definition) is 2. The molecule has 1 aromatic rings. The number of aryl methyl sites for hydroxylation is 1. The Bertz CT molecular complexity index is 792. The molecule has 5 heteroatoms. The van der Waals surface area contributed by atoms with Gasteiger partial charge in [0.2, 0.25) is 0 Å². The van der Waals surface area contributed by atoms with Crippen molar-refractivity contribution in [3.05, 3.63) is 58.7 Å². The first kappa shape index (κ1) is 25.3. The van der Waals surface area contributed by atoms with Crippen molar-refractivity contribution in [3.8, 4) is 5.54 Å². The van der Waals surface area contributed by atoms with Crippen molar-refractivity contribution in [1.82, 2.24) is 0 Å². The minimum absolute atomic E-state index is 0. The average Bonchev–Trinajstić information content (AvgIpc) is 2.73. The Morgan fingerprint density at radius 1 is 1.00 bits per heavy atom. The van der Waals surface area contributed by atoms with E-state index in [4.69, 9.17) is 6.42 Å². The monoisotopic (exact) mass is 502 g/mol. The molecule has 1 aromatic carbocycles. The number of rotatable bonds is 1. The van der Waals surface area contributed by atoms with Gasteiger partial charge in [0.25, 0.3) is 0 Å². The van der Waals surface area contributed by atoms with E-state index in [1.165, 1.54) is 11.1 Å². The Kier molecular flexibility index (Phi) is 8.91. The molecule has 154 valence electrons. The van der Waals surface area contributed by atoms with Crippen LogP contribution in [0, 0.1) is 17.7 Å². The maximum absolute atomic E-state index is 10.5. The Morgan fingerprint density at radius 3 is 2.11 bits per heavy atom. The van der Waals surface area contributed by atoms with E-state index in [2.05, 4.69) is 68.7 Å². The van der Waals surface area contributed by atoms with Gasteiger partial charge in [-0.3, -0.25) is 5.70 Å². The van der Waals surface area contributed by atoms with Gasteiger partial charge in [-0.15, -0.1) is 5.57 Å². The molecule has 0 spiro atoms. The Hall–Kier alpha value is -0.724. The number of fused-ring (bicyclic) bond motifs is 2. The van der Waals surface area contributed by atoms with E-state index >= 15 is 0 Å². The molecular formula is C23H32O2PdSi2. The summed E-state index contributed by atoms with van der Waals surface area (Å²) >= 11 is 0. The van der Waals surface area contributed by atoms with Crippen molar-refractivity contribution in [2.45, 2.75) is 70.8 Å². The number of aliphatic hydroxyl groups excluding tert-OH is 2. The summed E-state index contributed by atoms with van der Waals surface area (Å²) in [5.74, 6) is 0. The van der Waals surface area contributed by atoms with Crippen molar-refractivity contribution in [3.63, 3.8) is 0 Å². The maximum atomic E-state index is 10.5. The van der Waals surface area contributed by atoms with E-state index in [0.29, 0.717) is 0 Å². The molecule has 0 saturated carbocycles. The van der Waals surface area contributed by atoms with Crippen molar-refractivity contribution >= 4 is 21.7 Å². The summed E-state index contributed by atoms with van der Waals surface area (Å²) in [4.78, 5) is 0. The first-order valence-corrected chi connectivity index (χ1v) is 16.7. The molecule has 2 nitrogen and oxygen atoms in total. The smallest absolute Gasteiger partial charge is 0.701 e. The van der Waals surface area contributed by atoms with E-state index in [1.54, 1.807) is 0 Å². The number of aliphatic hydroxyl groups is 2. The molecular weight excluding hydrogens is 471 g/mol. The van der Waals surface area contributed by atoms with Crippen molar-refractivity contribution < 1.29 is 30.6 Å². The summed E-state index contributed by atoms with van der Waals surface area (Å²) < 4.78 is 0. The molecule has 3 rings (SSSR count). The molecule has 0 aromatic heterocycles. The second-order valence-corrected chi connectivity index (χ2v) is 19.0. The van der Waals surface area contributed by atoms with Gasteiger partial charge >= 0.3 is 20.4 Å². The van der Waals surface area contributed by atoms with Gasteiger partial charge in [-0.25, -0.2) is 0 Å². The van der Waals surface area contributed by atoms with Crippen LogP contribution in [0.15, 0.2) is 35.4 Å². The third-order valence-corrected chi connectivity index (χ3v) is 6.38. The van der Waals surface area contributed by atoms with Gasteiger partial charge in [-0.1, -0.05) is 74.7 Å². The number of benzene rings is 1. The third kappa shape index (κ3) is 6.39. The predicted octanol–water partition coefficient (Wildman–Crippen LogP) is 4.57. The van der Waals surface area contributed by atoms with Crippen LogP contribution >= 0.6 is 0 Å². The van der Waals surface area contributed by atoms with Crippen LogP contribution < -0.4 is 0 Å². The summed E-state index contributed by atoms with van der Waals surface area (Å²) in [6.07, 6.45) is 8.02. The van der Waals surface area contributed by atoms with E-state index in [0.717, 1.165) is 36.0 Å². The second kappa shape index (κ2) is 9.85. The molecule has 2 N–H and O–H groups in total. The summed E-state index contributed by atoms with van der Waals surface area (Å²) in [6, 6.07) is 8.39. The van der Waals surface area contributed by atoms with Crippen LogP contribution in [-0.2, 0) is 26.8 Å². The summed E-state index contributed by atoms with van der Waals surface area (Å²) in [5, 5.41) is 21.0. The standard InChI is InChI=1S/C18H23O2Si.C5H9Si.Pd/c1-21(2,3)11-15-16-13-9-5-4-7-12(13)8-6-10-14(16)17(19)18(15)20;1-5-6(2,3)4;/h4-5,7,9,17-20H,6,8,10H2,1-3H3;2-4H3;/q2*-1;+2. The molecule has 0 amide bonds. The molecule has 0 bridgehead atoms. The molecule has 0 saturated heterocycles. The fourth-order valence-electron chi connectivity index (χ4n) is 3.40. The van der Waals surface area contributed by atoms with E-state index in [-0.39, 0.29) is 20.4 Å². The van der Waals surface area contributed by atoms with Gasteiger partial charge in [-0.2, -0.15) is 11.1 Å². The van der Waals surface area contributed by atoms with Gasteiger partial charge in [0.05, 0.1) is 20.3 Å². The average molecular weight is 503 g/mol. The minimum Gasteiger partial charge on any atom is -0.701 e. The first-order valence-electron chi connectivity index (χ1n) is 9.71. The molecule has 2 unspecified atom stereocenters. The molecule has 2 aliphatic carbocycles. The van der Waals surface area contributed by atoms with Gasteiger partial charge in [0.15, 0.2) is 0 Å². The minimum atomic E-state index is -1.60. The Balaban J connectivity index is 0.000000492. The fourth-order valence-corrected chi connectivity index (χ4v) is 4.48. The molecule has 2 atom stereocenters. The van der Waals surface area contributed by atoms with Crippen LogP contribution in [0.25, 0.3) is 5.57 Å². The predicted molar refractivity (Wildman–Crippen MR) is 119 cm³/mol. The quantitative estimate of drug-likeness (QED) is 0.335. The summed E-state index contributed by atoms with van der Waals surface area (Å²) in [5.41, 5.74) is 11.5. The Morgan fingerprint density at radius 2 is 1.57 bits per heavy atom. The van der Waals surface area contributed by atoms with E-state index in [9.17, 15) is 10.2 Å². The van der Waals surface area contributed by atoms with Gasteiger partial charge in [0, 0.05) is 0 Å². The van der Waals surface area contributed by atoms with Crippen molar-refractivity contribution in [2.75, 3.05) is 0 Å². The first-order chi connectivity index (χ1) is 12.4. The topological polar surface area (TPSA) is 40.5 Å². The zero-order valence-electron chi connectivity index (χ0n) is 17.8.